The van der Waals surface area contributed by atoms with Gasteiger partial charge in [0.2, 0.25) is 5.91 Å². The number of unbranched alkanes of at least 4 members (excludes halogenated alkanes) is 2. The first-order valence-electron chi connectivity index (χ1n) is 11.1. The molecule has 3 aromatic rings. The first kappa shape index (κ1) is 23.2. The fraction of sp³-hybridized carbons (Fsp3) is 0.296. The molecule has 166 valence electrons. The highest BCUT2D eigenvalue weighted by Crippen LogP contribution is 2.31. The van der Waals surface area contributed by atoms with Crippen LogP contribution in [0.5, 0.6) is 0 Å². The maximum absolute atomic E-state index is 13.1. The van der Waals surface area contributed by atoms with Crippen molar-refractivity contribution in [3.05, 3.63) is 83.7 Å². The predicted molar refractivity (Wildman–Crippen MR) is 128 cm³/mol. The number of pyridine rings is 1. The maximum Gasteiger partial charge on any atom is 0.335 e. The molecule has 5 nitrogen and oxygen atoms in total. The zero-order valence-electron chi connectivity index (χ0n) is 18.7. The smallest absolute Gasteiger partial charge is 0.335 e. The van der Waals surface area contributed by atoms with E-state index in [0.717, 1.165) is 48.1 Å². The quantitative estimate of drug-likeness (QED) is 0.362. The van der Waals surface area contributed by atoms with Gasteiger partial charge in [0, 0.05) is 29.6 Å². The van der Waals surface area contributed by atoms with Gasteiger partial charge in [0.25, 0.3) is 0 Å². The number of anilines is 1. The number of carbonyl (C=O) groups excluding carboxylic acids is 1. The molecular weight excluding hydrogens is 400 g/mol. The number of carboxylic acids is 1. The first-order valence-corrected chi connectivity index (χ1v) is 11.1. The summed E-state index contributed by atoms with van der Waals surface area (Å²) in [6.45, 7) is 4.11. The van der Waals surface area contributed by atoms with Crippen molar-refractivity contribution < 1.29 is 14.7 Å². The number of amides is 1. The Balaban J connectivity index is 1.84. The van der Waals surface area contributed by atoms with Crippen molar-refractivity contribution in [2.24, 2.45) is 0 Å². The third kappa shape index (κ3) is 6.27. The predicted octanol–water partition coefficient (Wildman–Crippen LogP) is 6.45. The Morgan fingerprint density at radius 1 is 1.03 bits per heavy atom. The van der Waals surface area contributed by atoms with Gasteiger partial charge in [-0.25, -0.2) is 4.79 Å². The Kier molecular flexibility index (Phi) is 8.14. The lowest BCUT2D eigenvalue weighted by atomic mass is 9.90. The van der Waals surface area contributed by atoms with Crippen molar-refractivity contribution in [3.63, 3.8) is 0 Å². The number of aromatic carboxylic acids is 1. The van der Waals surface area contributed by atoms with Crippen molar-refractivity contribution in [2.75, 3.05) is 5.32 Å². The van der Waals surface area contributed by atoms with Gasteiger partial charge in [-0.15, -0.1) is 0 Å². The van der Waals surface area contributed by atoms with Crippen LogP contribution in [-0.4, -0.2) is 22.0 Å². The number of nitrogens with zero attached hydrogens (tertiary/aromatic N) is 1. The first-order chi connectivity index (χ1) is 15.5. The molecule has 1 heterocycles. The molecule has 0 spiro atoms. The van der Waals surface area contributed by atoms with Crippen LogP contribution in [0.2, 0.25) is 0 Å². The van der Waals surface area contributed by atoms with Crippen LogP contribution in [0.15, 0.2) is 66.9 Å². The Bertz CT molecular complexity index is 1050. The molecule has 32 heavy (non-hydrogen) atoms. The zero-order valence-corrected chi connectivity index (χ0v) is 18.7. The van der Waals surface area contributed by atoms with Crippen molar-refractivity contribution >= 4 is 17.6 Å². The van der Waals surface area contributed by atoms with Gasteiger partial charge in [-0.1, -0.05) is 68.7 Å². The van der Waals surface area contributed by atoms with Gasteiger partial charge in [-0.05, 0) is 48.6 Å². The monoisotopic (exact) mass is 430 g/mol. The molecule has 0 radical (unpaired) electrons. The molecule has 2 N–H and O–H groups in total. The normalized spacial score (nSPS) is 11.7. The van der Waals surface area contributed by atoms with E-state index in [0.29, 0.717) is 12.1 Å². The topological polar surface area (TPSA) is 79.3 Å². The molecule has 5 heteroatoms. The molecule has 0 aliphatic heterocycles. The van der Waals surface area contributed by atoms with Gasteiger partial charge in [-0.3, -0.25) is 9.78 Å². The molecule has 1 amide bonds. The van der Waals surface area contributed by atoms with Gasteiger partial charge >= 0.3 is 5.97 Å². The fourth-order valence-electron chi connectivity index (χ4n) is 3.82. The van der Waals surface area contributed by atoms with Crippen LogP contribution < -0.4 is 5.32 Å². The number of aromatic nitrogens is 1. The Morgan fingerprint density at radius 3 is 2.47 bits per heavy atom. The Morgan fingerprint density at radius 2 is 1.81 bits per heavy atom. The SMILES string of the molecule is CCCCCC(CC(=O)Nc1cc(C(=O)O)ccc1-c1ccccc1)c1ccc(C)nc1. The second-order valence-corrected chi connectivity index (χ2v) is 8.11. The standard InChI is InChI=1S/C27H30N2O3/c1-3-4-6-11-21(23-13-12-19(2)28-18-23)17-26(30)29-25-16-22(27(31)32)14-15-24(25)20-9-7-5-8-10-20/h5,7-10,12-16,18,21H,3-4,6,11,17H2,1-2H3,(H,29,30)(H,31,32). The number of hydrogen-bond acceptors (Lipinski definition) is 3. The van der Waals surface area contributed by atoms with Gasteiger partial charge in [-0.2, -0.15) is 0 Å². The lowest BCUT2D eigenvalue weighted by molar-refractivity contribution is -0.116. The number of rotatable bonds is 10. The van der Waals surface area contributed by atoms with E-state index in [9.17, 15) is 14.7 Å². The average molecular weight is 431 g/mol. The van der Waals surface area contributed by atoms with E-state index in [4.69, 9.17) is 0 Å². The highest BCUT2D eigenvalue weighted by Gasteiger charge is 2.18. The third-order valence-corrected chi connectivity index (χ3v) is 5.62. The van der Waals surface area contributed by atoms with E-state index in [1.807, 2.05) is 55.6 Å². The second-order valence-electron chi connectivity index (χ2n) is 8.11. The van der Waals surface area contributed by atoms with Gasteiger partial charge in [0.1, 0.15) is 0 Å². The molecule has 0 saturated carbocycles. The summed E-state index contributed by atoms with van der Waals surface area (Å²) in [5.41, 5.74) is 4.37. The summed E-state index contributed by atoms with van der Waals surface area (Å²) in [7, 11) is 0. The van der Waals surface area contributed by atoms with Crippen LogP contribution in [0.4, 0.5) is 5.69 Å². The van der Waals surface area contributed by atoms with Crippen LogP contribution >= 0.6 is 0 Å². The van der Waals surface area contributed by atoms with E-state index in [2.05, 4.69) is 17.2 Å². The van der Waals surface area contributed by atoms with Gasteiger partial charge < -0.3 is 10.4 Å². The minimum absolute atomic E-state index is 0.0671. The number of carboxylic acid groups (broad SMARTS) is 1. The number of benzene rings is 2. The summed E-state index contributed by atoms with van der Waals surface area (Å²) in [6.07, 6.45) is 6.38. The largest absolute Gasteiger partial charge is 0.478 e. The average Bonchev–Trinajstić information content (AvgIpc) is 2.79. The molecule has 0 saturated heterocycles. The number of nitrogens with one attached hydrogen (secondary N) is 1. The van der Waals surface area contributed by atoms with Gasteiger partial charge in [0.05, 0.1) is 5.56 Å². The van der Waals surface area contributed by atoms with E-state index >= 15 is 0 Å². The number of hydrogen-bond donors (Lipinski definition) is 2. The van der Waals surface area contributed by atoms with Crippen LogP contribution in [0, 0.1) is 6.92 Å². The van der Waals surface area contributed by atoms with Crippen molar-refractivity contribution in [1.82, 2.24) is 4.98 Å². The van der Waals surface area contributed by atoms with Gasteiger partial charge in [0.15, 0.2) is 0 Å². The van der Waals surface area contributed by atoms with Crippen LogP contribution in [0.3, 0.4) is 0 Å². The van der Waals surface area contributed by atoms with E-state index in [-0.39, 0.29) is 17.4 Å². The fourth-order valence-corrected chi connectivity index (χ4v) is 3.82. The van der Waals surface area contributed by atoms with Crippen LogP contribution in [-0.2, 0) is 4.79 Å². The molecule has 0 aliphatic rings. The minimum Gasteiger partial charge on any atom is -0.478 e. The lowest BCUT2D eigenvalue weighted by Gasteiger charge is -2.18. The summed E-state index contributed by atoms with van der Waals surface area (Å²) in [4.78, 5) is 29.0. The molecule has 2 aromatic carbocycles. The highest BCUT2D eigenvalue weighted by molar-refractivity contribution is 5.98. The molecule has 3 rings (SSSR count). The summed E-state index contributed by atoms with van der Waals surface area (Å²) in [5, 5.41) is 12.4. The molecule has 1 atom stereocenters. The summed E-state index contributed by atoms with van der Waals surface area (Å²) >= 11 is 0. The summed E-state index contributed by atoms with van der Waals surface area (Å²) in [6, 6.07) is 18.5. The third-order valence-electron chi connectivity index (χ3n) is 5.62. The van der Waals surface area contributed by atoms with E-state index in [1.165, 1.54) is 6.07 Å². The lowest BCUT2D eigenvalue weighted by Crippen LogP contribution is -2.17. The van der Waals surface area contributed by atoms with Crippen molar-refractivity contribution in [2.45, 2.75) is 51.9 Å². The maximum atomic E-state index is 13.1. The van der Waals surface area contributed by atoms with Crippen LogP contribution in [0.1, 0.15) is 66.6 Å². The molecular formula is C27H30N2O3. The van der Waals surface area contributed by atoms with Crippen molar-refractivity contribution in [1.29, 1.82) is 0 Å². The zero-order chi connectivity index (χ0) is 22.9. The minimum atomic E-state index is -1.02. The Labute approximate surface area is 189 Å². The molecule has 1 unspecified atom stereocenters. The number of aryl methyl sites for hydroxylation is 1. The summed E-state index contributed by atoms with van der Waals surface area (Å²) in [5.74, 6) is -1.09. The van der Waals surface area contributed by atoms with E-state index in [1.54, 1.807) is 12.1 Å². The molecule has 0 bridgehead atoms. The second kappa shape index (κ2) is 11.2. The van der Waals surface area contributed by atoms with Crippen LogP contribution in [0.25, 0.3) is 11.1 Å². The highest BCUT2D eigenvalue weighted by atomic mass is 16.4. The molecule has 0 fully saturated rings. The molecule has 1 aromatic heterocycles. The van der Waals surface area contributed by atoms with Crippen molar-refractivity contribution in [3.8, 4) is 11.1 Å². The number of carbonyl (C=O) groups is 2. The molecule has 0 aliphatic carbocycles. The summed E-state index contributed by atoms with van der Waals surface area (Å²) < 4.78 is 0. The van der Waals surface area contributed by atoms with E-state index < -0.39 is 5.97 Å². The Hall–Kier alpha value is -3.47.